The Kier molecular flexibility index (Phi) is 7.25. The van der Waals surface area contributed by atoms with Crippen molar-refractivity contribution in [2.75, 3.05) is 49.5 Å². The van der Waals surface area contributed by atoms with Crippen LogP contribution in [-0.2, 0) is 6.54 Å². The van der Waals surface area contributed by atoms with Gasteiger partial charge in [-0.15, -0.1) is 0 Å². The summed E-state index contributed by atoms with van der Waals surface area (Å²) < 4.78 is 2.05. The summed E-state index contributed by atoms with van der Waals surface area (Å²) in [7, 11) is 0. The quantitative estimate of drug-likeness (QED) is 0.659. The second-order valence-electron chi connectivity index (χ2n) is 6.86. The lowest BCUT2D eigenvalue weighted by atomic mass is 10.2. The SMILES string of the molecule is CCCCNc1cnn(CCCCN2CCN(c3ncccn3)CC2)c1. The van der Waals surface area contributed by atoms with Crippen molar-refractivity contribution in [2.45, 2.75) is 39.2 Å². The molecule has 1 aliphatic heterocycles. The summed E-state index contributed by atoms with van der Waals surface area (Å²) in [5.74, 6) is 0.856. The van der Waals surface area contributed by atoms with Gasteiger partial charge in [-0.3, -0.25) is 9.58 Å². The van der Waals surface area contributed by atoms with Gasteiger partial charge in [0.1, 0.15) is 0 Å². The maximum atomic E-state index is 4.44. The van der Waals surface area contributed by atoms with Gasteiger partial charge in [-0.1, -0.05) is 13.3 Å². The van der Waals surface area contributed by atoms with Gasteiger partial charge in [0.15, 0.2) is 0 Å². The van der Waals surface area contributed by atoms with E-state index >= 15 is 0 Å². The molecule has 7 heteroatoms. The molecule has 0 spiro atoms. The second kappa shape index (κ2) is 10.1. The van der Waals surface area contributed by atoms with E-state index in [0.29, 0.717) is 0 Å². The van der Waals surface area contributed by atoms with Crippen molar-refractivity contribution in [1.82, 2.24) is 24.6 Å². The zero-order chi connectivity index (χ0) is 18.0. The fourth-order valence-corrected chi connectivity index (χ4v) is 3.22. The topological polar surface area (TPSA) is 62.1 Å². The molecule has 26 heavy (non-hydrogen) atoms. The van der Waals surface area contributed by atoms with Crippen LogP contribution in [0.5, 0.6) is 0 Å². The Morgan fingerprint density at radius 1 is 1.00 bits per heavy atom. The molecule has 1 fully saturated rings. The molecule has 0 amide bonds. The molecule has 0 aromatic carbocycles. The molecule has 2 aromatic rings. The Labute approximate surface area is 156 Å². The first-order chi connectivity index (χ1) is 12.8. The van der Waals surface area contributed by atoms with E-state index in [1.54, 1.807) is 0 Å². The van der Waals surface area contributed by atoms with Crippen molar-refractivity contribution >= 4 is 11.6 Å². The van der Waals surface area contributed by atoms with Crippen LogP contribution in [0.25, 0.3) is 0 Å². The number of aromatic nitrogens is 4. The van der Waals surface area contributed by atoms with Crippen LogP contribution in [0, 0.1) is 0 Å². The van der Waals surface area contributed by atoms with Gasteiger partial charge in [0.05, 0.1) is 11.9 Å². The number of hydrogen-bond acceptors (Lipinski definition) is 6. The molecule has 3 rings (SSSR count). The van der Waals surface area contributed by atoms with Crippen molar-refractivity contribution in [3.8, 4) is 0 Å². The summed E-state index contributed by atoms with van der Waals surface area (Å²) in [5, 5.41) is 7.86. The molecule has 0 atom stereocenters. The monoisotopic (exact) mass is 357 g/mol. The zero-order valence-corrected chi connectivity index (χ0v) is 15.8. The number of anilines is 2. The number of unbranched alkanes of at least 4 members (excludes halogenated alkanes) is 2. The molecule has 1 aliphatic rings. The number of nitrogens with zero attached hydrogens (tertiary/aromatic N) is 6. The molecule has 0 aliphatic carbocycles. The van der Waals surface area contributed by atoms with Gasteiger partial charge in [-0.2, -0.15) is 5.10 Å². The Balaban J connectivity index is 1.29. The third-order valence-corrected chi connectivity index (χ3v) is 4.81. The Bertz CT molecular complexity index is 620. The fraction of sp³-hybridized carbons (Fsp3) is 0.632. The summed E-state index contributed by atoms with van der Waals surface area (Å²) in [6.07, 6.45) is 12.5. The third kappa shape index (κ3) is 5.69. The van der Waals surface area contributed by atoms with Crippen molar-refractivity contribution in [1.29, 1.82) is 0 Å². The average molecular weight is 358 g/mol. The smallest absolute Gasteiger partial charge is 0.225 e. The van der Waals surface area contributed by atoms with Gasteiger partial charge in [0.2, 0.25) is 5.95 Å². The van der Waals surface area contributed by atoms with Crippen LogP contribution in [0.15, 0.2) is 30.9 Å². The van der Waals surface area contributed by atoms with Gasteiger partial charge < -0.3 is 10.2 Å². The molecule has 1 saturated heterocycles. The van der Waals surface area contributed by atoms with E-state index < -0.39 is 0 Å². The second-order valence-corrected chi connectivity index (χ2v) is 6.86. The van der Waals surface area contributed by atoms with E-state index in [9.17, 15) is 0 Å². The van der Waals surface area contributed by atoms with E-state index in [-0.39, 0.29) is 0 Å². The highest BCUT2D eigenvalue weighted by Gasteiger charge is 2.18. The zero-order valence-electron chi connectivity index (χ0n) is 15.8. The molecule has 0 saturated carbocycles. The lowest BCUT2D eigenvalue weighted by Gasteiger charge is -2.34. The van der Waals surface area contributed by atoms with Gasteiger partial charge in [-0.25, -0.2) is 9.97 Å². The Hall–Kier alpha value is -2.15. The number of aryl methyl sites for hydroxylation is 1. The van der Waals surface area contributed by atoms with Gasteiger partial charge >= 0.3 is 0 Å². The van der Waals surface area contributed by atoms with Gasteiger partial charge in [0, 0.05) is 57.9 Å². The predicted octanol–water partition coefficient (Wildman–Crippen LogP) is 2.49. The minimum atomic E-state index is 0.856. The van der Waals surface area contributed by atoms with Gasteiger partial charge in [-0.05, 0) is 31.9 Å². The number of hydrogen-bond donors (Lipinski definition) is 1. The third-order valence-electron chi connectivity index (χ3n) is 4.81. The fourth-order valence-electron chi connectivity index (χ4n) is 3.22. The van der Waals surface area contributed by atoms with Crippen LogP contribution >= 0.6 is 0 Å². The normalized spacial score (nSPS) is 15.3. The van der Waals surface area contributed by atoms with E-state index in [2.05, 4.69) is 48.0 Å². The lowest BCUT2D eigenvalue weighted by molar-refractivity contribution is 0.249. The number of nitrogens with one attached hydrogen (secondary N) is 1. The first kappa shape index (κ1) is 18.6. The highest BCUT2D eigenvalue weighted by atomic mass is 15.3. The summed E-state index contributed by atoms with van der Waals surface area (Å²) in [4.78, 5) is 13.5. The van der Waals surface area contributed by atoms with Crippen molar-refractivity contribution in [2.24, 2.45) is 0 Å². The summed E-state index contributed by atoms with van der Waals surface area (Å²) >= 11 is 0. The maximum Gasteiger partial charge on any atom is 0.225 e. The molecule has 2 aromatic heterocycles. The molecule has 0 radical (unpaired) electrons. The van der Waals surface area contributed by atoms with Gasteiger partial charge in [0.25, 0.3) is 0 Å². The predicted molar refractivity (Wildman–Crippen MR) is 106 cm³/mol. The highest BCUT2D eigenvalue weighted by molar-refractivity contribution is 5.37. The largest absolute Gasteiger partial charge is 0.383 e. The minimum Gasteiger partial charge on any atom is -0.383 e. The van der Waals surface area contributed by atoms with E-state index in [1.165, 1.54) is 19.3 Å². The molecular formula is C19H31N7. The summed E-state index contributed by atoms with van der Waals surface area (Å²) in [5.41, 5.74) is 1.14. The average Bonchev–Trinajstić information content (AvgIpc) is 3.14. The molecule has 1 N–H and O–H groups in total. The maximum absolute atomic E-state index is 4.44. The van der Waals surface area contributed by atoms with Crippen molar-refractivity contribution in [3.63, 3.8) is 0 Å². The molecular weight excluding hydrogens is 326 g/mol. The van der Waals surface area contributed by atoms with Crippen LogP contribution in [-0.4, -0.2) is 63.9 Å². The molecule has 0 bridgehead atoms. The van der Waals surface area contributed by atoms with Crippen LogP contribution in [0.2, 0.25) is 0 Å². The lowest BCUT2D eigenvalue weighted by Crippen LogP contribution is -2.47. The molecule has 0 unspecified atom stereocenters. The summed E-state index contributed by atoms with van der Waals surface area (Å²) in [6.45, 7) is 9.59. The molecule has 3 heterocycles. The first-order valence-electron chi connectivity index (χ1n) is 9.86. The van der Waals surface area contributed by atoms with Crippen LogP contribution in [0.1, 0.15) is 32.6 Å². The first-order valence-corrected chi connectivity index (χ1v) is 9.86. The molecule has 7 nitrogen and oxygen atoms in total. The van der Waals surface area contributed by atoms with Crippen molar-refractivity contribution < 1.29 is 0 Å². The van der Waals surface area contributed by atoms with E-state index in [4.69, 9.17) is 0 Å². The number of piperazine rings is 1. The van der Waals surface area contributed by atoms with E-state index in [0.717, 1.165) is 63.9 Å². The minimum absolute atomic E-state index is 0.856. The standard InChI is InChI=1S/C19H31N7/c1-2-3-7-20-18-16-23-26(17-18)11-5-4-10-24-12-14-25(15-13-24)19-21-8-6-9-22-19/h6,8-9,16-17,20H,2-5,7,10-15H2,1H3. The van der Waals surface area contributed by atoms with Crippen LogP contribution < -0.4 is 10.2 Å². The highest BCUT2D eigenvalue weighted by Crippen LogP contribution is 2.11. The number of rotatable bonds is 10. The Morgan fingerprint density at radius 2 is 1.77 bits per heavy atom. The summed E-state index contributed by atoms with van der Waals surface area (Å²) in [6, 6.07) is 1.86. The molecule has 142 valence electrons. The van der Waals surface area contributed by atoms with Crippen molar-refractivity contribution in [3.05, 3.63) is 30.9 Å². The van der Waals surface area contributed by atoms with Crippen LogP contribution in [0.4, 0.5) is 11.6 Å². The van der Waals surface area contributed by atoms with E-state index in [1.807, 2.05) is 24.7 Å². The Morgan fingerprint density at radius 3 is 2.54 bits per heavy atom. The van der Waals surface area contributed by atoms with Crippen LogP contribution in [0.3, 0.4) is 0 Å².